The molecule has 6 aromatic carbocycles. The molecule has 9 aliphatic heterocycles. The van der Waals surface area contributed by atoms with Gasteiger partial charge >= 0.3 is 0 Å². The highest BCUT2D eigenvalue weighted by Gasteiger charge is 2.44. The molecule has 30 heteroatoms. The molecule has 6 aromatic heterocycles. The molecule has 9 aliphatic rings. The molecule has 0 bridgehead atoms. The molecule has 3 atom stereocenters. The van der Waals surface area contributed by atoms with Crippen LogP contribution in [0.25, 0.3) is 100 Å². The van der Waals surface area contributed by atoms with Gasteiger partial charge in [0.2, 0.25) is 0 Å². The van der Waals surface area contributed by atoms with E-state index < -0.39 is 30.8 Å². The number of ether oxygens (including phenoxy) is 10. The molecule has 9 fully saturated rings. The van der Waals surface area contributed by atoms with Gasteiger partial charge < -0.3 is 87.7 Å². The number of pyridine rings is 3. The number of nitriles is 3. The molecule has 0 radical (unpaired) electrons. The van der Waals surface area contributed by atoms with Crippen LogP contribution in [0.15, 0.2) is 164 Å². The summed E-state index contributed by atoms with van der Waals surface area (Å²) in [6, 6.07) is 55.6. The van der Waals surface area contributed by atoms with E-state index in [1.165, 1.54) is 0 Å². The van der Waals surface area contributed by atoms with E-state index in [0.717, 1.165) is 254 Å². The van der Waals surface area contributed by atoms with Crippen LogP contribution in [0.5, 0.6) is 34.5 Å². The third kappa shape index (κ3) is 18.4. The quantitative estimate of drug-likeness (QED) is 0.0446. The third-order valence-corrected chi connectivity index (χ3v) is 26.4. The molecule has 21 rings (SSSR count). The fourth-order valence-electron chi connectivity index (χ4n) is 18.7. The smallest absolute Gasteiger partial charge is 0.296 e. The first-order valence-electron chi connectivity index (χ1n) is 44.6. The lowest BCUT2D eigenvalue weighted by Crippen LogP contribution is -2.56. The molecule has 666 valence electrons. The first-order valence-corrected chi connectivity index (χ1v) is 44.6. The summed E-state index contributed by atoms with van der Waals surface area (Å²) in [5.74, 6) is 0.662. The average Bonchev–Trinajstić information content (AvgIpc) is 1.64. The Morgan fingerprint density at radius 1 is 0.395 bits per heavy atom. The number of halogens is 3. The number of rotatable bonds is 21. The molecule has 27 nitrogen and oxygen atoms in total. The van der Waals surface area contributed by atoms with E-state index in [9.17, 15) is 29.0 Å². The predicted octanol–water partition coefficient (Wildman–Crippen LogP) is 13.9. The maximum Gasteiger partial charge on any atom is 0.296 e. The molecule has 0 saturated carbocycles. The summed E-state index contributed by atoms with van der Waals surface area (Å²) < 4.78 is 100. The monoisotopic (exact) mass is 1750 g/mol. The highest BCUT2D eigenvalue weighted by Crippen LogP contribution is 2.44. The van der Waals surface area contributed by atoms with Crippen molar-refractivity contribution in [1.29, 1.82) is 15.8 Å². The number of benzene rings is 6. The van der Waals surface area contributed by atoms with Gasteiger partial charge in [0.1, 0.15) is 71.1 Å². The van der Waals surface area contributed by atoms with Gasteiger partial charge in [-0.25, -0.2) is 13.2 Å². The summed E-state index contributed by atoms with van der Waals surface area (Å²) in [6.45, 7) is 19.2. The number of fused-ring (bicyclic) bond motifs is 3. The van der Waals surface area contributed by atoms with E-state index in [2.05, 4.69) is 150 Å². The first-order chi connectivity index (χ1) is 63.2. The SMILES string of the molecule is COc1cc(-c2cc3c(-c4ccc(OC5CCNCC5(F)F)c(C#N)c4)nccc3[nH]2)ccc1N1CCN(C2COC2)CC1.COc1cc(-c2cc3c(-c4ccc(OC5CCOCC5)c(C#N)c4)nccc3[nH]2)ccc1N1CCN(C2COC2)CC1.COc1cc(-c2cc3c(-c4ccc(O[C@H]5CCNC[C@H]5F)c(C#N)c4)nccc3[nH]2)ccc1N1CCN(C2COC2)CC1. The molecule has 0 spiro atoms. The minimum absolute atomic E-state index is 0.0703. The third-order valence-electron chi connectivity index (χ3n) is 26.4. The van der Waals surface area contributed by atoms with Crippen LogP contribution in [-0.4, -0.2) is 272 Å². The topological polar surface area (TPSA) is 293 Å². The number of nitrogens with zero attached hydrogens (tertiary/aromatic N) is 12. The van der Waals surface area contributed by atoms with Gasteiger partial charge in [-0.15, -0.1) is 0 Å². The summed E-state index contributed by atoms with van der Waals surface area (Å²) in [4.78, 5) is 39.3. The number of piperazine rings is 3. The molecule has 15 heterocycles. The molecule has 129 heavy (non-hydrogen) atoms. The largest absolute Gasteiger partial charge is 0.495 e. The minimum Gasteiger partial charge on any atom is -0.495 e. The van der Waals surface area contributed by atoms with Crippen molar-refractivity contribution in [2.24, 2.45) is 0 Å². The Balaban J connectivity index is 0.000000126. The molecular weight excluding hydrogens is 1640 g/mol. The zero-order valence-corrected chi connectivity index (χ0v) is 72.5. The zero-order chi connectivity index (χ0) is 88.1. The van der Waals surface area contributed by atoms with E-state index >= 15 is 0 Å². The number of alkyl halides is 3. The highest BCUT2D eigenvalue weighted by atomic mass is 19.3. The van der Waals surface area contributed by atoms with E-state index in [-0.39, 0.29) is 30.4 Å². The standard InChI is InChI=1S/C33H34F2N6O3.C33H35FN6O3.C33H35N5O4/c1-42-30-15-21(2-4-28(30)41-12-10-40(11-13-41)24-18-43-19-24)27-16-25-26(39-27)6-9-38-32(25)22-3-5-29(23(14-22)17-36)44-31-7-8-37-20-33(31,34)35;1-41-32-15-21(2-4-29(32)40-12-10-39(11-13-40)24-19-42-20-24)28-16-25-27(38-28)6-9-37-33(25)22-3-5-30(23(14-22)17-35)43-31-7-8-36-18-26(31)34;1-39-32-17-22(2-4-30(32)38-12-10-37(11-13-38)25-20-41-21-25)29-18-27-28(36-29)6-9-35-33(27)23-3-5-31(24(16-23)19-34)42-26-7-14-40-15-8-26/h2-6,9,14-16,24,31,37,39H,7-8,10-13,18-20H2,1H3;2-6,9,14-16,24,26,31,36,38H,7-8,10-13,18-20H2,1H3;2-6,9,16-18,25-26,36H,7-8,10-15,20-21H2,1H3/t;26-,31+;/m.1./s1. The fraction of sp³-hybridized carbons (Fsp3) is 0.394. The fourth-order valence-corrected chi connectivity index (χ4v) is 18.7. The van der Waals surface area contributed by atoms with Gasteiger partial charge in [0.25, 0.3) is 5.92 Å². The first kappa shape index (κ1) is 85.9. The van der Waals surface area contributed by atoms with Crippen molar-refractivity contribution < 1.29 is 60.5 Å². The van der Waals surface area contributed by atoms with E-state index in [1.807, 2.05) is 48.5 Å². The van der Waals surface area contributed by atoms with Crippen molar-refractivity contribution in [3.8, 4) is 120 Å². The predicted molar refractivity (Wildman–Crippen MR) is 488 cm³/mol. The van der Waals surface area contributed by atoms with Gasteiger partial charge in [-0.2, -0.15) is 15.8 Å². The Labute approximate surface area is 746 Å². The van der Waals surface area contributed by atoms with Crippen LogP contribution in [0.2, 0.25) is 0 Å². The van der Waals surface area contributed by atoms with E-state index in [4.69, 9.17) is 52.4 Å². The number of nitrogens with one attached hydrogen (secondary N) is 5. The van der Waals surface area contributed by atoms with Crippen molar-refractivity contribution in [1.82, 2.24) is 55.2 Å². The normalized spacial score (nSPS) is 20.2. The number of piperidine rings is 2. The summed E-state index contributed by atoms with van der Waals surface area (Å²) in [7, 11) is 5.15. The highest BCUT2D eigenvalue weighted by molar-refractivity contribution is 5.99. The van der Waals surface area contributed by atoms with Crippen LogP contribution in [0.3, 0.4) is 0 Å². The van der Waals surface area contributed by atoms with Gasteiger partial charge in [-0.1, -0.05) is 18.2 Å². The number of methoxy groups -OCH3 is 3. The molecule has 0 aliphatic carbocycles. The Hall–Kier alpha value is -12.5. The van der Waals surface area contributed by atoms with Gasteiger partial charge in [-0.3, -0.25) is 29.7 Å². The van der Waals surface area contributed by atoms with E-state index in [0.29, 0.717) is 84.7 Å². The lowest BCUT2D eigenvalue weighted by Gasteiger charge is -2.43. The Morgan fingerprint density at radius 3 is 1.11 bits per heavy atom. The molecule has 1 unspecified atom stereocenters. The summed E-state index contributed by atoms with van der Waals surface area (Å²) in [6.07, 6.45) is 4.75. The van der Waals surface area contributed by atoms with Crippen LogP contribution in [0.1, 0.15) is 42.4 Å². The Bertz CT molecular complexity index is 6140. The van der Waals surface area contributed by atoms with Crippen LogP contribution in [-0.2, 0) is 18.9 Å². The van der Waals surface area contributed by atoms with Gasteiger partial charge in [0, 0.05) is 206 Å². The lowest BCUT2D eigenvalue weighted by molar-refractivity contribution is -0.109. The molecule has 0 amide bonds. The van der Waals surface area contributed by atoms with Crippen molar-refractivity contribution in [2.75, 3.05) is 194 Å². The van der Waals surface area contributed by atoms with Gasteiger partial charge in [-0.05, 0) is 147 Å². The second-order valence-corrected chi connectivity index (χ2v) is 34.1. The number of hydrogen-bond donors (Lipinski definition) is 5. The molecular formula is C99H104F3N17O10. The van der Waals surface area contributed by atoms with E-state index in [1.54, 1.807) is 70.3 Å². The zero-order valence-electron chi connectivity index (χ0n) is 72.5. The number of hydrogen-bond acceptors (Lipinski definition) is 24. The Kier molecular flexibility index (Phi) is 25.6. The number of aromatic nitrogens is 6. The van der Waals surface area contributed by atoms with Crippen molar-refractivity contribution in [3.05, 3.63) is 181 Å². The summed E-state index contributed by atoms with van der Waals surface area (Å²) >= 11 is 0. The van der Waals surface area contributed by atoms with Crippen LogP contribution >= 0.6 is 0 Å². The van der Waals surface area contributed by atoms with Gasteiger partial charge in [0.15, 0.2) is 6.10 Å². The second-order valence-electron chi connectivity index (χ2n) is 34.1. The average molecular weight is 1750 g/mol. The lowest BCUT2D eigenvalue weighted by atomic mass is 10.0. The summed E-state index contributed by atoms with van der Waals surface area (Å²) in [5.41, 5.74) is 17.7. The van der Waals surface area contributed by atoms with Crippen LogP contribution in [0, 0.1) is 34.0 Å². The van der Waals surface area contributed by atoms with Crippen molar-refractivity contribution in [2.45, 2.75) is 74.2 Å². The number of anilines is 3. The molecule has 5 N–H and O–H groups in total. The van der Waals surface area contributed by atoms with Crippen LogP contribution in [0.4, 0.5) is 30.2 Å². The van der Waals surface area contributed by atoms with Gasteiger partial charge in [0.05, 0.1) is 150 Å². The minimum atomic E-state index is -3.01. The molecule has 12 aromatic rings. The summed E-state index contributed by atoms with van der Waals surface area (Å²) in [5, 5.41) is 38.2. The number of aromatic amines is 3. The number of H-pyrrole nitrogens is 3. The van der Waals surface area contributed by atoms with Crippen LogP contribution < -0.4 is 53.8 Å². The second kappa shape index (κ2) is 38.4. The Morgan fingerprint density at radius 2 is 0.760 bits per heavy atom. The maximum atomic E-state index is 14.4. The molecule has 9 saturated heterocycles. The van der Waals surface area contributed by atoms with Crippen molar-refractivity contribution >= 4 is 49.8 Å². The van der Waals surface area contributed by atoms with Crippen molar-refractivity contribution in [3.63, 3.8) is 0 Å². The maximum absolute atomic E-state index is 14.4.